The van der Waals surface area contributed by atoms with Crippen molar-refractivity contribution in [1.29, 1.82) is 0 Å². The maximum Gasteiger partial charge on any atom is 0.328 e. The molecule has 2 aliphatic rings. The molecule has 0 amide bonds. The molecule has 3 aromatic rings. The molecule has 1 aromatic heterocycles. The van der Waals surface area contributed by atoms with Crippen molar-refractivity contribution >= 4 is 22.9 Å². The van der Waals surface area contributed by atoms with E-state index < -0.39 is 23.6 Å². The van der Waals surface area contributed by atoms with Gasteiger partial charge in [-0.3, -0.25) is 4.90 Å². The zero-order chi connectivity index (χ0) is 22.4. The zero-order valence-electron chi connectivity index (χ0n) is 17.6. The number of H-pyrrole nitrogens is 1. The molecule has 2 aromatic carbocycles. The number of fused-ring (bicyclic) bond motifs is 3. The Morgan fingerprint density at radius 3 is 2.62 bits per heavy atom. The number of carbonyl (C=O) groups is 1. The van der Waals surface area contributed by atoms with E-state index in [-0.39, 0.29) is 17.2 Å². The number of halogens is 2. The van der Waals surface area contributed by atoms with E-state index in [1.807, 2.05) is 24.3 Å². The lowest BCUT2D eigenvalue weighted by Gasteiger charge is -2.44. The smallest absolute Gasteiger partial charge is 0.328 e. The van der Waals surface area contributed by atoms with Gasteiger partial charge < -0.3 is 14.8 Å². The first-order valence-corrected chi connectivity index (χ1v) is 10.7. The van der Waals surface area contributed by atoms with Crippen LogP contribution in [0.5, 0.6) is 0 Å². The highest BCUT2D eigenvalue weighted by atomic mass is 19.1. The van der Waals surface area contributed by atoms with Gasteiger partial charge >= 0.3 is 5.97 Å². The van der Waals surface area contributed by atoms with Crippen LogP contribution >= 0.6 is 0 Å². The highest BCUT2D eigenvalue weighted by Crippen LogP contribution is 2.43. The number of aromatic amines is 1. The van der Waals surface area contributed by atoms with Crippen LogP contribution in [0.15, 0.2) is 42.5 Å². The van der Waals surface area contributed by atoms with Crippen molar-refractivity contribution in [2.45, 2.75) is 25.4 Å². The highest BCUT2D eigenvalue weighted by Gasteiger charge is 2.40. The van der Waals surface area contributed by atoms with Crippen LogP contribution in [-0.2, 0) is 16.0 Å². The number of ether oxygens (including phenoxy) is 1. The second-order valence-electron chi connectivity index (χ2n) is 8.69. The summed E-state index contributed by atoms with van der Waals surface area (Å²) in [6.07, 6.45) is 2.85. The molecule has 0 bridgehead atoms. The van der Waals surface area contributed by atoms with E-state index in [2.05, 4.69) is 16.8 Å². The quantitative estimate of drug-likeness (QED) is 0.575. The molecule has 166 valence electrons. The molecule has 5 rings (SSSR count). The van der Waals surface area contributed by atoms with Crippen LogP contribution in [-0.4, -0.2) is 46.8 Å². The van der Waals surface area contributed by atoms with Gasteiger partial charge in [0.2, 0.25) is 0 Å². The Morgan fingerprint density at radius 1 is 1.25 bits per heavy atom. The molecule has 2 atom stereocenters. The summed E-state index contributed by atoms with van der Waals surface area (Å²) in [5.74, 6) is -2.22. The maximum atomic E-state index is 15.4. The molecule has 2 aliphatic heterocycles. The van der Waals surface area contributed by atoms with E-state index >= 15 is 8.78 Å². The molecule has 5 nitrogen and oxygen atoms in total. The summed E-state index contributed by atoms with van der Waals surface area (Å²) in [6.45, 7) is 4.08. The second-order valence-corrected chi connectivity index (χ2v) is 8.69. The predicted molar refractivity (Wildman–Crippen MR) is 117 cm³/mol. The fourth-order valence-corrected chi connectivity index (χ4v) is 4.92. The Kier molecular flexibility index (Phi) is 5.31. The van der Waals surface area contributed by atoms with Crippen LogP contribution in [0.1, 0.15) is 35.3 Å². The van der Waals surface area contributed by atoms with Gasteiger partial charge in [-0.15, -0.1) is 0 Å². The van der Waals surface area contributed by atoms with E-state index in [1.165, 1.54) is 18.2 Å². The Labute approximate surface area is 184 Å². The zero-order valence-corrected chi connectivity index (χ0v) is 17.6. The van der Waals surface area contributed by atoms with E-state index in [1.54, 1.807) is 0 Å². The van der Waals surface area contributed by atoms with Crippen LogP contribution in [0.2, 0.25) is 0 Å². The van der Waals surface area contributed by atoms with Crippen molar-refractivity contribution in [1.82, 2.24) is 9.88 Å². The number of hydrogen-bond donors (Lipinski definition) is 2. The van der Waals surface area contributed by atoms with Crippen LogP contribution in [0, 0.1) is 17.6 Å². The molecule has 1 saturated heterocycles. The predicted octanol–water partition coefficient (Wildman–Crippen LogP) is 4.53. The van der Waals surface area contributed by atoms with E-state index in [9.17, 15) is 4.79 Å². The number of benzene rings is 2. The fraction of sp³-hybridized carbons (Fsp3) is 0.320. The number of nitrogens with zero attached hydrogens (tertiary/aromatic N) is 1. The van der Waals surface area contributed by atoms with Crippen molar-refractivity contribution in [3.05, 3.63) is 76.5 Å². The maximum absolute atomic E-state index is 15.4. The number of nitrogens with one attached hydrogen (secondary N) is 1. The van der Waals surface area contributed by atoms with Crippen LogP contribution < -0.4 is 0 Å². The van der Waals surface area contributed by atoms with Gasteiger partial charge in [0.25, 0.3) is 0 Å². The number of carboxylic acids is 1. The lowest BCUT2D eigenvalue weighted by Crippen LogP contribution is -2.48. The summed E-state index contributed by atoms with van der Waals surface area (Å²) in [6, 6.07) is 9.80. The minimum atomic E-state index is -1.17. The van der Waals surface area contributed by atoms with Crippen molar-refractivity contribution in [3.8, 4) is 0 Å². The van der Waals surface area contributed by atoms with Crippen LogP contribution in [0.4, 0.5) is 8.78 Å². The first kappa shape index (κ1) is 20.8. The number of para-hydroxylation sites is 1. The number of carboxylic acid groups (broad SMARTS) is 1. The minimum absolute atomic E-state index is 0.0166. The standard InChI is InChI=1S/C25H24F2N2O3/c1-14-8-18-17-4-2-3-5-21(17)28-24(18)25(29(14)11-16-12-32-13-16)23-19(26)9-15(10-20(23)27)6-7-22(30)31/h2-7,9-10,14,16,25,28H,8,11-13H2,1H3,(H,30,31)/b7-6+/t14-,25-/m1/s1. The Balaban J connectivity index is 1.66. The third-order valence-electron chi connectivity index (χ3n) is 6.49. The van der Waals surface area contributed by atoms with Crippen LogP contribution in [0.3, 0.4) is 0 Å². The lowest BCUT2D eigenvalue weighted by atomic mass is 9.86. The molecular weight excluding hydrogens is 414 g/mol. The number of aliphatic carboxylic acids is 1. The fourth-order valence-electron chi connectivity index (χ4n) is 4.92. The van der Waals surface area contributed by atoms with E-state index in [0.29, 0.717) is 25.7 Å². The third-order valence-corrected chi connectivity index (χ3v) is 6.49. The number of rotatable bonds is 5. The summed E-state index contributed by atoms with van der Waals surface area (Å²) in [5, 5.41) is 9.91. The Morgan fingerprint density at radius 2 is 1.97 bits per heavy atom. The lowest BCUT2D eigenvalue weighted by molar-refractivity contribution is -0.131. The van der Waals surface area contributed by atoms with E-state index in [0.717, 1.165) is 34.7 Å². The molecule has 2 N–H and O–H groups in total. The molecule has 0 radical (unpaired) electrons. The minimum Gasteiger partial charge on any atom is -0.478 e. The number of aromatic nitrogens is 1. The summed E-state index contributed by atoms with van der Waals surface area (Å²) in [7, 11) is 0. The molecule has 7 heteroatoms. The molecule has 3 heterocycles. The van der Waals surface area contributed by atoms with E-state index in [4.69, 9.17) is 9.84 Å². The van der Waals surface area contributed by atoms with Crippen molar-refractivity contribution in [3.63, 3.8) is 0 Å². The van der Waals surface area contributed by atoms with Gasteiger partial charge in [-0.2, -0.15) is 0 Å². The Hall–Kier alpha value is -3.03. The largest absolute Gasteiger partial charge is 0.478 e. The molecule has 0 unspecified atom stereocenters. The molecule has 1 fully saturated rings. The first-order valence-electron chi connectivity index (χ1n) is 10.7. The van der Waals surface area contributed by atoms with Crippen molar-refractivity contribution in [2.75, 3.05) is 19.8 Å². The average molecular weight is 438 g/mol. The SMILES string of the molecule is C[C@@H]1Cc2c([nH]c3ccccc23)[C@@H](c2c(F)cc(/C=C/C(=O)O)cc2F)N1CC1COC1. The van der Waals surface area contributed by atoms with Gasteiger partial charge in [0.05, 0.1) is 19.3 Å². The van der Waals surface area contributed by atoms with Gasteiger partial charge in [-0.1, -0.05) is 18.2 Å². The highest BCUT2D eigenvalue weighted by molar-refractivity contribution is 5.86. The summed E-state index contributed by atoms with van der Waals surface area (Å²) in [4.78, 5) is 16.4. The molecule has 0 aliphatic carbocycles. The van der Waals surface area contributed by atoms with Crippen molar-refractivity contribution in [2.24, 2.45) is 5.92 Å². The second kappa shape index (κ2) is 8.15. The van der Waals surface area contributed by atoms with Crippen LogP contribution in [0.25, 0.3) is 17.0 Å². The van der Waals surface area contributed by atoms with Gasteiger partial charge in [-0.05, 0) is 48.7 Å². The molecular formula is C25H24F2N2O3. The van der Waals surface area contributed by atoms with Gasteiger partial charge in [0, 0.05) is 46.7 Å². The molecule has 32 heavy (non-hydrogen) atoms. The normalized spacial score (nSPS) is 21.7. The summed E-state index contributed by atoms with van der Waals surface area (Å²) in [5.41, 5.74) is 3.01. The molecule has 0 spiro atoms. The number of hydrogen-bond acceptors (Lipinski definition) is 3. The van der Waals surface area contributed by atoms with Crippen molar-refractivity contribution < 1.29 is 23.4 Å². The average Bonchev–Trinajstić information content (AvgIpc) is 3.08. The Bertz CT molecular complexity index is 1190. The monoisotopic (exact) mass is 438 g/mol. The van der Waals surface area contributed by atoms with Gasteiger partial charge in [-0.25, -0.2) is 13.6 Å². The summed E-state index contributed by atoms with van der Waals surface area (Å²) < 4.78 is 36.2. The van der Waals surface area contributed by atoms with Gasteiger partial charge in [0.15, 0.2) is 0 Å². The topological polar surface area (TPSA) is 65.6 Å². The third kappa shape index (κ3) is 3.61. The summed E-state index contributed by atoms with van der Waals surface area (Å²) >= 11 is 0. The van der Waals surface area contributed by atoms with Gasteiger partial charge in [0.1, 0.15) is 11.6 Å². The molecule has 0 saturated carbocycles. The first-order chi connectivity index (χ1) is 15.4.